The summed E-state index contributed by atoms with van der Waals surface area (Å²) in [6.45, 7) is 8.55. The van der Waals surface area contributed by atoms with Crippen molar-refractivity contribution in [3.8, 4) is 0 Å². The van der Waals surface area contributed by atoms with E-state index in [0.29, 0.717) is 6.61 Å². The highest BCUT2D eigenvalue weighted by molar-refractivity contribution is 4.92. The molecule has 2 aliphatic rings. The van der Waals surface area contributed by atoms with Crippen LogP contribution in [-0.2, 0) is 4.74 Å². The summed E-state index contributed by atoms with van der Waals surface area (Å²) in [4.78, 5) is 2.53. The van der Waals surface area contributed by atoms with Crippen LogP contribution in [0.1, 0.15) is 46.0 Å². The fourth-order valence-corrected chi connectivity index (χ4v) is 3.26. The lowest BCUT2D eigenvalue weighted by Gasteiger charge is -2.48. The maximum atomic E-state index is 9.78. The SMILES string of the molecule is CC1(C)COCCN1CC1(CO)CCCCC1. The molecular formula is C14H27NO2. The fourth-order valence-electron chi connectivity index (χ4n) is 3.26. The van der Waals surface area contributed by atoms with Crippen LogP contribution in [0.5, 0.6) is 0 Å². The van der Waals surface area contributed by atoms with Gasteiger partial charge in [-0.25, -0.2) is 0 Å². The summed E-state index contributed by atoms with van der Waals surface area (Å²) in [6, 6.07) is 0. The Hall–Kier alpha value is -0.120. The van der Waals surface area contributed by atoms with Gasteiger partial charge in [0.2, 0.25) is 0 Å². The molecule has 0 aromatic carbocycles. The van der Waals surface area contributed by atoms with E-state index in [2.05, 4.69) is 18.7 Å². The van der Waals surface area contributed by atoms with Gasteiger partial charge in [0.1, 0.15) is 0 Å². The summed E-state index contributed by atoms with van der Waals surface area (Å²) in [5.74, 6) is 0. The number of aliphatic hydroxyl groups excluding tert-OH is 1. The molecule has 0 aromatic heterocycles. The number of hydrogen-bond donors (Lipinski definition) is 1. The minimum atomic E-state index is 0.123. The van der Waals surface area contributed by atoms with E-state index < -0.39 is 0 Å². The minimum Gasteiger partial charge on any atom is -0.396 e. The van der Waals surface area contributed by atoms with E-state index in [1.807, 2.05) is 0 Å². The molecule has 1 aliphatic heterocycles. The van der Waals surface area contributed by atoms with Crippen LogP contribution in [-0.4, -0.2) is 48.5 Å². The maximum Gasteiger partial charge on any atom is 0.0645 e. The van der Waals surface area contributed by atoms with Gasteiger partial charge in [0.15, 0.2) is 0 Å². The molecule has 2 rings (SSSR count). The van der Waals surface area contributed by atoms with Crippen molar-refractivity contribution in [2.75, 3.05) is 32.9 Å². The molecule has 0 unspecified atom stereocenters. The molecule has 0 radical (unpaired) electrons. The van der Waals surface area contributed by atoms with E-state index >= 15 is 0 Å². The van der Waals surface area contributed by atoms with E-state index in [1.54, 1.807) is 0 Å². The quantitative estimate of drug-likeness (QED) is 0.821. The molecule has 0 spiro atoms. The first-order chi connectivity index (χ1) is 8.08. The lowest BCUT2D eigenvalue weighted by atomic mass is 9.73. The van der Waals surface area contributed by atoms with E-state index in [4.69, 9.17) is 4.74 Å². The van der Waals surface area contributed by atoms with Crippen LogP contribution in [0, 0.1) is 5.41 Å². The Bertz CT molecular complexity index is 247. The average Bonchev–Trinajstić information content (AvgIpc) is 2.33. The standard InChI is InChI=1S/C14H27NO2/c1-13(2)12-17-9-8-15(13)10-14(11-16)6-4-3-5-7-14/h16H,3-12H2,1-2H3. The zero-order valence-electron chi connectivity index (χ0n) is 11.4. The molecule has 1 aliphatic carbocycles. The first kappa shape index (κ1) is 13.3. The van der Waals surface area contributed by atoms with E-state index in [9.17, 15) is 5.11 Å². The van der Waals surface area contributed by atoms with Crippen LogP contribution >= 0.6 is 0 Å². The van der Waals surface area contributed by atoms with Crippen molar-refractivity contribution in [3.05, 3.63) is 0 Å². The van der Waals surface area contributed by atoms with Gasteiger partial charge in [0, 0.05) is 30.7 Å². The third-order valence-electron chi connectivity index (χ3n) is 4.59. The summed E-state index contributed by atoms with van der Waals surface area (Å²) in [7, 11) is 0. The van der Waals surface area contributed by atoms with Gasteiger partial charge in [0.05, 0.1) is 13.2 Å². The molecule has 0 atom stereocenters. The summed E-state index contributed by atoms with van der Waals surface area (Å²) in [5, 5.41) is 9.78. The van der Waals surface area contributed by atoms with Crippen LogP contribution in [0.4, 0.5) is 0 Å². The molecule has 1 saturated carbocycles. The van der Waals surface area contributed by atoms with Gasteiger partial charge in [-0.3, -0.25) is 4.90 Å². The molecular weight excluding hydrogens is 214 g/mol. The predicted molar refractivity (Wildman–Crippen MR) is 69.1 cm³/mol. The summed E-state index contributed by atoms with van der Waals surface area (Å²) < 4.78 is 5.57. The van der Waals surface area contributed by atoms with Gasteiger partial charge in [-0.2, -0.15) is 0 Å². The summed E-state index contributed by atoms with van der Waals surface area (Å²) in [5.41, 5.74) is 0.282. The van der Waals surface area contributed by atoms with Gasteiger partial charge in [-0.05, 0) is 26.7 Å². The second-order valence-corrected chi connectivity index (χ2v) is 6.51. The Morgan fingerprint density at radius 1 is 1.18 bits per heavy atom. The van der Waals surface area contributed by atoms with E-state index in [0.717, 1.165) is 26.3 Å². The monoisotopic (exact) mass is 241 g/mol. The Morgan fingerprint density at radius 3 is 2.47 bits per heavy atom. The maximum absolute atomic E-state index is 9.78. The van der Waals surface area contributed by atoms with Crippen LogP contribution in [0.25, 0.3) is 0 Å². The molecule has 17 heavy (non-hydrogen) atoms. The average molecular weight is 241 g/mol. The molecule has 3 nitrogen and oxygen atoms in total. The van der Waals surface area contributed by atoms with Crippen molar-refractivity contribution < 1.29 is 9.84 Å². The Morgan fingerprint density at radius 2 is 1.88 bits per heavy atom. The highest BCUT2D eigenvalue weighted by Crippen LogP contribution is 2.38. The van der Waals surface area contributed by atoms with Crippen LogP contribution in [0.2, 0.25) is 0 Å². The van der Waals surface area contributed by atoms with Crippen molar-refractivity contribution >= 4 is 0 Å². The molecule has 2 fully saturated rings. The largest absolute Gasteiger partial charge is 0.396 e. The number of morpholine rings is 1. The second-order valence-electron chi connectivity index (χ2n) is 6.51. The molecule has 1 N–H and O–H groups in total. The van der Waals surface area contributed by atoms with Crippen molar-refractivity contribution in [1.82, 2.24) is 4.90 Å². The second kappa shape index (κ2) is 5.25. The third kappa shape index (κ3) is 3.01. The van der Waals surface area contributed by atoms with Crippen LogP contribution in [0.3, 0.4) is 0 Å². The number of aliphatic hydroxyl groups is 1. The highest BCUT2D eigenvalue weighted by Gasteiger charge is 2.39. The molecule has 0 bridgehead atoms. The number of nitrogens with zero attached hydrogens (tertiary/aromatic N) is 1. The van der Waals surface area contributed by atoms with Crippen LogP contribution < -0.4 is 0 Å². The van der Waals surface area contributed by atoms with Crippen molar-refractivity contribution in [3.63, 3.8) is 0 Å². The van der Waals surface area contributed by atoms with Crippen molar-refractivity contribution in [2.45, 2.75) is 51.5 Å². The highest BCUT2D eigenvalue weighted by atomic mass is 16.5. The molecule has 1 heterocycles. The molecule has 0 aromatic rings. The van der Waals surface area contributed by atoms with Gasteiger partial charge in [-0.1, -0.05) is 19.3 Å². The lowest BCUT2D eigenvalue weighted by molar-refractivity contribution is -0.0808. The first-order valence-electron chi connectivity index (χ1n) is 7.02. The van der Waals surface area contributed by atoms with E-state index in [1.165, 1.54) is 32.1 Å². The van der Waals surface area contributed by atoms with Crippen LogP contribution in [0.15, 0.2) is 0 Å². The zero-order chi connectivity index (χ0) is 12.4. The first-order valence-corrected chi connectivity index (χ1v) is 7.02. The fraction of sp³-hybridized carbons (Fsp3) is 1.00. The zero-order valence-corrected chi connectivity index (χ0v) is 11.4. The molecule has 1 saturated heterocycles. The topological polar surface area (TPSA) is 32.7 Å². The van der Waals surface area contributed by atoms with Crippen molar-refractivity contribution in [2.24, 2.45) is 5.41 Å². The molecule has 3 heteroatoms. The van der Waals surface area contributed by atoms with Gasteiger partial charge in [0.25, 0.3) is 0 Å². The third-order valence-corrected chi connectivity index (χ3v) is 4.59. The van der Waals surface area contributed by atoms with Gasteiger partial charge in [-0.15, -0.1) is 0 Å². The lowest BCUT2D eigenvalue weighted by Crippen LogP contribution is -2.57. The minimum absolute atomic E-state index is 0.123. The van der Waals surface area contributed by atoms with Crippen molar-refractivity contribution in [1.29, 1.82) is 0 Å². The van der Waals surface area contributed by atoms with Gasteiger partial charge < -0.3 is 9.84 Å². The predicted octanol–water partition coefficient (Wildman–Crippen LogP) is 2.04. The number of ether oxygens (including phenoxy) is 1. The summed E-state index contributed by atoms with van der Waals surface area (Å²) in [6.07, 6.45) is 6.29. The summed E-state index contributed by atoms with van der Waals surface area (Å²) >= 11 is 0. The molecule has 0 amide bonds. The Balaban J connectivity index is 2.01. The smallest absolute Gasteiger partial charge is 0.0645 e. The Labute approximate surface area is 105 Å². The number of rotatable bonds is 3. The number of hydrogen-bond acceptors (Lipinski definition) is 3. The molecule has 100 valence electrons. The van der Waals surface area contributed by atoms with Gasteiger partial charge >= 0.3 is 0 Å². The normalized spacial score (nSPS) is 29.1. The Kier molecular flexibility index (Phi) is 4.11. The van der Waals surface area contributed by atoms with E-state index in [-0.39, 0.29) is 11.0 Å².